The lowest BCUT2D eigenvalue weighted by molar-refractivity contribution is -0.143. The molecule has 0 aliphatic rings. The number of amides is 1. The number of hydrogen-bond donors (Lipinski definition) is 1. The Kier molecular flexibility index (Phi) is 6.31. The second-order valence-corrected chi connectivity index (χ2v) is 6.16. The molecule has 0 saturated heterocycles. The van der Waals surface area contributed by atoms with Gasteiger partial charge in [-0.1, -0.05) is 37.3 Å². The van der Waals surface area contributed by atoms with Gasteiger partial charge in [0.2, 0.25) is 0 Å². The number of rotatable bonds is 7. The molecular formula is C17H20N2O4S. The Morgan fingerprint density at radius 1 is 1.33 bits per heavy atom. The van der Waals surface area contributed by atoms with Crippen molar-refractivity contribution in [3.05, 3.63) is 52.0 Å². The smallest absolute Gasteiger partial charge is 0.411 e. The highest BCUT2D eigenvalue weighted by Gasteiger charge is 2.34. The van der Waals surface area contributed by atoms with Crippen LogP contribution in [0.3, 0.4) is 0 Å². The quantitative estimate of drug-likeness (QED) is 0.826. The van der Waals surface area contributed by atoms with Crippen LogP contribution < -0.4 is 0 Å². The number of carboxylic acids is 1. The van der Waals surface area contributed by atoms with E-state index in [1.54, 1.807) is 12.4 Å². The normalized spacial score (nSPS) is 11.8. The molecule has 24 heavy (non-hydrogen) atoms. The second-order valence-electron chi connectivity index (χ2n) is 5.28. The van der Waals surface area contributed by atoms with Crippen LogP contribution in [-0.2, 0) is 16.1 Å². The standard InChI is InChI=1S/C17H20N2O4S/c1-3-9-19(14(16(20)21)15-12(2)18-11-24-15)17(22)23-10-13-7-5-4-6-8-13/h4-8,11,14H,3,9-10H2,1-2H3,(H,20,21). The number of carboxylic acid groups (broad SMARTS) is 1. The molecule has 0 fully saturated rings. The SMILES string of the molecule is CCCN(C(=O)OCc1ccccc1)C(C(=O)O)c1scnc1C. The van der Waals surface area contributed by atoms with Crippen molar-refractivity contribution in [2.75, 3.05) is 6.54 Å². The summed E-state index contributed by atoms with van der Waals surface area (Å²) in [5.74, 6) is -1.09. The van der Waals surface area contributed by atoms with E-state index in [9.17, 15) is 14.7 Å². The van der Waals surface area contributed by atoms with Crippen molar-refractivity contribution in [2.45, 2.75) is 32.9 Å². The van der Waals surface area contributed by atoms with Crippen LogP contribution in [0, 0.1) is 6.92 Å². The van der Waals surface area contributed by atoms with Crippen molar-refractivity contribution in [1.82, 2.24) is 9.88 Å². The molecular weight excluding hydrogens is 328 g/mol. The van der Waals surface area contributed by atoms with Gasteiger partial charge in [0.05, 0.1) is 16.1 Å². The molecule has 1 aromatic heterocycles. The van der Waals surface area contributed by atoms with Crippen LogP contribution >= 0.6 is 11.3 Å². The zero-order chi connectivity index (χ0) is 17.5. The summed E-state index contributed by atoms with van der Waals surface area (Å²) < 4.78 is 5.32. The molecule has 6 nitrogen and oxygen atoms in total. The van der Waals surface area contributed by atoms with Crippen molar-refractivity contribution in [3.63, 3.8) is 0 Å². The summed E-state index contributed by atoms with van der Waals surface area (Å²) >= 11 is 1.23. The van der Waals surface area contributed by atoms with Crippen molar-refractivity contribution < 1.29 is 19.4 Å². The van der Waals surface area contributed by atoms with Gasteiger partial charge in [-0.05, 0) is 18.9 Å². The number of thiazole rings is 1. The summed E-state index contributed by atoms with van der Waals surface area (Å²) in [7, 11) is 0. The molecule has 2 aromatic rings. The molecule has 1 N–H and O–H groups in total. The van der Waals surface area contributed by atoms with Gasteiger partial charge in [-0.3, -0.25) is 4.90 Å². The van der Waals surface area contributed by atoms with Gasteiger partial charge in [0, 0.05) is 6.54 Å². The van der Waals surface area contributed by atoms with Gasteiger partial charge < -0.3 is 9.84 Å². The first-order valence-electron chi connectivity index (χ1n) is 7.64. The Balaban J connectivity index is 2.17. The molecule has 0 saturated carbocycles. The molecule has 1 heterocycles. The average Bonchev–Trinajstić information content (AvgIpc) is 2.98. The highest BCUT2D eigenvalue weighted by molar-refractivity contribution is 7.10. The molecule has 0 radical (unpaired) electrons. The fourth-order valence-electron chi connectivity index (χ4n) is 2.33. The number of benzene rings is 1. The lowest BCUT2D eigenvalue weighted by Gasteiger charge is -2.27. The van der Waals surface area contributed by atoms with Crippen LogP contribution in [0.25, 0.3) is 0 Å². The molecule has 1 amide bonds. The van der Waals surface area contributed by atoms with Gasteiger partial charge in [-0.15, -0.1) is 11.3 Å². The summed E-state index contributed by atoms with van der Waals surface area (Å²) in [6.45, 7) is 4.02. The first-order valence-corrected chi connectivity index (χ1v) is 8.52. The number of carbonyl (C=O) groups is 2. The number of hydrogen-bond acceptors (Lipinski definition) is 5. The molecule has 1 atom stereocenters. The summed E-state index contributed by atoms with van der Waals surface area (Å²) in [4.78, 5) is 30.2. The number of aryl methyl sites for hydroxylation is 1. The van der Waals surface area contributed by atoms with Gasteiger partial charge in [0.15, 0.2) is 6.04 Å². The van der Waals surface area contributed by atoms with E-state index in [4.69, 9.17) is 4.74 Å². The monoisotopic (exact) mass is 348 g/mol. The Hall–Kier alpha value is -2.41. The fourth-order valence-corrected chi connectivity index (χ4v) is 3.23. The maximum atomic E-state index is 12.5. The van der Waals surface area contributed by atoms with Crippen LogP contribution in [0.1, 0.15) is 35.5 Å². The third-order valence-corrected chi connectivity index (χ3v) is 4.46. The summed E-state index contributed by atoms with van der Waals surface area (Å²) in [6, 6.07) is 8.20. The van der Waals surface area contributed by atoms with E-state index in [2.05, 4.69) is 4.98 Å². The Bertz CT molecular complexity index is 687. The molecule has 0 spiro atoms. The molecule has 1 unspecified atom stereocenters. The Morgan fingerprint density at radius 3 is 2.58 bits per heavy atom. The van der Waals surface area contributed by atoms with Crippen molar-refractivity contribution in [1.29, 1.82) is 0 Å². The van der Waals surface area contributed by atoms with Gasteiger partial charge in [0.1, 0.15) is 6.61 Å². The largest absolute Gasteiger partial charge is 0.479 e. The summed E-state index contributed by atoms with van der Waals surface area (Å²) in [6.07, 6.45) is -0.0110. The van der Waals surface area contributed by atoms with E-state index < -0.39 is 18.1 Å². The third-order valence-electron chi connectivity index (χ3n) is 3.48. The molecule has 0 aliphatic heterocycles. The minimum atomic E-state index is -1.09. The molecule has 0 bridgehead atoms. The van der Waals surface area contributed by atoms with E-state index >= 15 is 0 Å². The maximum Gasteiger partial charge on any atom is 0.411 e. The van der Waals surface area contributed by atoms with Crippen LogP contribution in [0.5, 0.6) is 0 Å². The minimum Gasteiger partial charge on any atom is -0.479 e. The Labute approximate surface area is 144 Å². The van der Waals surface area contributed by atoms with E-state index in [1.807, 2.05) is 37.3 Å². The van der Waals surface area contributed by atoms with Crippen LogP contribution in [0.15, 0.2) is 35.8 Å². The topological polar surface area (TPSA) is 79.7 Å². The zero-order valence-corrected chi connectivity index (χ0v) is 14.5. The van der Waals surface area contributed by atoms with Gasteiger partial charge in [-0.25, -0.2) is 14.6 Å². The van der Waals surface area contributed by atoms with E-state index in [0.29, 0.717) is 23.5 Å². The number of aromatic nitrogens is 1. The second kappa shape index (κ2) is 8.44. The lowest BCUT2D eigenvalue weighted by Crippen LogP contribution is -2.39. The summed E-state index contributed by atoms with van der Waals surface area (Å²) in [5, 5.41) is 9.63. The van der Waals surface area contributed by atoms with Gasteiger partial charge in [-0.2, -0.15) is 0 Å². The molecule has 2 rings (SSSR count). The molecule has 7 heteroatoms. The maximum absolute atomic E-state index is 12.5. The van der Waals surface area contributed by atoms with Crippen LogP contribution in [0.4, 0.5) is 4.79 Å². The van der Waals surface area contributed by atoms with Crippen molar-refractivity contribution in [2.24, 2.45) is 0 Å². The highest BCUT2D eigenvalue weighted by atomic mass is 32.1. The first-order chi connectivity index (χ1) is 11.5. The molecule has 0 aliphatic carbocycles. The average molecular weight is 348 g/mol. The molecule has 1 aromatic carbocycles. The minimum absolute atomic E-state index is 0.105. The van der Waals surface area contributed by atoms with E-state index in [1.165, 1.54) is 16.2 Å². The Morgan fingerprint density at radius 2 is 2.04 bits per heavy atom. The van der Waals surface area contributed by atoms with Crippen LogP contribution in [-0.4, -0.2) is 33.6 Å². The van der Waals surface area contributed by atoms with Crippen molar-refractivity contribution >= 4 is 23.4 Å². The zero-order valence-electron chi connectivity index (χ0n) is 13.6. The third kappa shape index (κ3) is 4.32. The fraction of sp³-hybridized carbons (Fsp3) is 0.353. The number of nitrogens with zero attached hydrogens (tertiary/aromatic N) is 2. The number of carbonyl (C=O) groups excluding carboxylic acids is 1. The van der Waals surface area contributed by atoms with Crippen LogP contribution in [0.2, 0.25) is 0 Å². The number of aliphatic carboxylic acids is 1. The summed E-state index contributed by atoms with van der Waals surface area (Å²) in [5.41, 5.74) is 3.05. The first kappa shape index (κ1) is 17.9. The van der Waals surface area contributed by atoms with E-state index in [0.717, 1.165) is 5.56 Å². The van der Waals surface area contributed by atoms with Crippen molar-refractivity contribution in [3.8, 4) is 0 Å². The number of ether oxygens (including phenoxy) is 1. The predicted octanol–water partition coefficient (Wildman–Crippen LogP) is 3.63. The van der Waals surface area contributed by atoms with E-state index in [-0.39, 0.29) is 6.61 Å². The highest BCUT2D eigenvalue weighted by Crippen LogP contribution is 2.28. The van der Waals surface area contributed by atoms with Gasteiger partial charge >= 0.3 is 12.1 Å². The molecule has 128 valence electrons. The predicted molar refractivity (Wildman–Crippen MR) is 90.9 cm³/mol. The lowest BCUT2D eigenvalue weighted by atomic mass is 10.2. The van der Waals surface area contributed by atoms with Gasteiger partial charge in [0.25, 0.3) is 0 Å².